The van der Waals surface area contributed by atoms with Gasteiger partial charge in [0.1, 0.15) is 5.69 Å². The average Bonchev–Trinajstić information content (AvgIpc) is 2.28. The monoisotopic (exact) mass is 203 g/mol. The molecule has 0 aliphatic rings. The van der Waals surface area contributed by atoms with Crippen molar-refractivity contribution < 1.29 is 9.53 Å². The number of pyridine rings is 1. The highest BCUT2D eigenvalue weighted by Gasteiger charge is 2.10. The molecule has 0 atom stereocenters. The van der Waals surface area contributed by atoms with Crippen LogP contribution in [0.3, 0.4) is 0 Å². The number of carbonyl (C=O) groups excluding carboxylic acids is 1. The van der Waals surface area contributed by atoms with Gasteiger partial charge in [0.05, 0.1) is 0 Å². The molecule has 0 aliphatic carbocycles. The minimum Gasteiger partial charge on any atom is -0.421 e. The molecule has 15 heavy (non-hydrogen) atoms. The number of aromatic nitrogens is 1. The van der Waals surface area contributed by atoms with Crippen LogP contribution in [0.2, 0.25) is 0 Å². The van der Waals surface area contributed by atoms with Gasteiger partial charge in [0.2, 0.25) is 0 Å². The molecule has 0 radical (unpaired) electrons. The molecule has 1 aromatic heterocycles. The van der Waals surface area contributed by atoms with Crippen molar-refractivity contribution >= 4 is 12.0 Å². The zero-order chi connectivity index (χ0) is 11.3. The number of esters is 1. The van der Waals surface area contributed by atoms with Crippen LogP contribution in [0.25, 0.3) is 6.08 Å². The third-order valence-electron chi connectivity index (χ3n) is 1.91. The van der Waals surface area contributed by atoms with Gasteiger partial charge in [0.25, 0.3) is 0 Å². The summed E-state index contributed by atoms with van der Waals surface area (Å²) in [6.45, 7) is 9.04. The van der Waals surface area contributed by atoms with Gasteiger partial charge in [-0.15, -0.1) is 0 Å². The number of nitrogens with zero attached hydrogens (tertiary/aromatic N) is 1. The van der Waals surface area contributed by atoms with E-state index in [9.17, 15) is 4.79 Å². The van der Waals surface area contributed by atoms with Crippen LogP contribution in [-0.4, -0.2) is 11.0 Å². The highest BCUT2D eigenvalue weighted by Crippen LogP contribution is 2.17. The van der Waals surface area contributed by atoms with Crippen molar-refractivity contribution in [2.45, 2.75) is 13.3 Å². The van der Waals surface area contributed by atoms with Crippen molar-refractivity contribution in [2.24, 2.45) is 0 Å². The van der Waals surface area contributed by atoms with E-state index < -0.39 is 5.97 Å². The molecule has 0 bridgehead atoms. The van der Waals surface area contributed by atoms with Crippen LogP contribution in [0.15, 0.2) is 37.1 Å². The second-order valence-corrected chi connectivity index (χ2v) is 2.94. The smallest absolute Gasteiger partial charge is 0.338 e. The van der Waals surface area contributed by atoms with Crippen molar-refractivity contribution in [3.05, 3.63) is 42.8 Å². The molecule has 3 heteroatoms. The first kappa shape index (κ1) is 11.2. The summed E-state index contributed by atoms with van der Waals surface area (Å²) in [5.41, 5.74) is 0.989. The molecular weight excluding hydrogens is 190 g/mol. The van der Waals surface area contributed by atoms with E-state index in [-0.39, 0.29) is 0 Å². The molecule has 1 heterocycles. The number of hydrogen-bond acceptors (Lipinski definition) is 3. The van der Waals surface area contributed by atoms with E-state index in [0.717, 1.165) is 0 Å². The predicted molar refractivity (Wildman–Crippen MR) is 59.4 cm³/mol. The first-order valence-electron chi connectivity index (χ1n) is 4.66. The third kappa shape index (κ3) is 2.77. The summed E-state index contributed by atoms with van der Waals surface area (Å²) in [4.78, 5) is 15.4. The van der Waals surface area contributed by atoms with Crippen LogP contribution in [0.5, 0.6) is 5.75 Å². The lowest BCUT2D eigenvalue weighted by Crippen LogP contribution is -2.10. The molecule has 1 rings (SSSR count). The summed E-state index contributed by atoms with van der Waals surface area (Å²) in [7, 11) is 0. The number of carbonyl (C=O) groups is 1. The number of ether oxygens (including phenoxy) is 1. The zero-order valence-electron chi connectivity index (χ0n) is 8.69. The summed E-state index contributed by atoms with van der Waals surface area (Å²) in [6.07, 6.45) is 3.73. The normalized spacial score (nSPS) is 9.40. The van der Waals surface area contributed by atoms with Crippen LogP contribution in [0.4, 0.5) is 0 Å². The maximum Gasteiger partial charge on any atom is 0.338 e. The van der Waals surface area contributed by atoms with Gasteiger partial charge in [-0.3, -0.25) is 4.98 Å². The van der Waals surface area contributed by atoms with Crippen molar-refractivity contribution in [2.75, 3.05) is 0 Å². The summed E-state index contributed by atoms with van der Waals surface area (Å²) < 4.78 is 5.12. The van der Waals surface area contributed by atoms with Crippen LogP contribution >= 0.6 is 0 Å². The molecule has 1 aromatic rings. The molecule has 0 saturated carbocycles. The Balaban J connectivity index is 2.85. The molecule has 0 aliphatic heterocycles. The quantitative estimate of drug-likeness (QED) is 0.557. The Morgan fingerprint density at radius 1 is 1.67 bits per heavy atom. The number of rotatable bonds is 4. The fraction of sp³-hybridized carbons (Fsp3) is 0.167. The maximum absolute atomic E-state index is 11.4. The average molecular weight is 203 g/mol. The van der Waals surface area contributed by atoms with E-state index in [1.165, 1.54) is 6.08 Å². The van der Waals surface area contributed by atoms with Crippen LogP contribution in [0, 0.1) is 0 Å². The van der Waals surface area contributed by atoms with Crippen LogP contribution in [0.1, 0.15) is 19.0 Å². The topological polar surface area (TPSA) is 39.2 Å². The largest absolute Gasteiger partial charge is 0.421 e. The maximum atomic E-state index is 11.4. The predicted octanol–water partition coefficient (Wildman–Crippen LogP) is 2.60. The Hall–Kier alpha value is -1.90. The molecule has 0 spiro atoms. The lowest BCUT2D eigenvalue weighted by molar-refractivity contribution is -0.130. The van der Waals surface area contributed by atoms with E-state index in [1.807, 2.05) is 6.92 Å². The van der Waals surface area contributed by atoms with Gasteiger partial charge in [0.15, 0.2) is 5.75 Å². The van der Waals surface area contributed by atoms with Gasteiger partial charge in [-0.2, -0.15) is 0 Å². The van der Waals surface area contributed by atoms with Crippen molar-refractivity contribution in [3.63, 3.8) is 0 Å². The molecule has 0 saturated heterocycles. The minimum atomic E-state index is -0.423. The SMILES string of the molecule is C=Cc1ncccc1OC(=O)C(=C)CC. The first-order valence-corrected chi connectivity index (χ1v) is 4.66. The minimum absolute atomic E-state index is 0.409. The zero-order valence-corrected chi connectivity index (χ0v) is 8.69. The highest BCUT2D eigenvalue weighted by atomic mass is 16.5. The van der Waals surface area contributed by atoms with E-state index >= 15 is 0 Å². The van der Waals surface area contributed by atoms with Gasteiger partial charge < -0.3 is 4.74 Å². The van der Waals surface area contributed by atoms with E-state index in [4.69, 9.17) is 4.74 Å². The molecule has 0 amide bonds. The second-order valence-electron chi connectivity index (χ2n) is 2.94. The summed E-state index contributed by atoms with van der Waals surface area (Å²) >= 11 is 0. The Morgan fingerprint density at radius 2 is 2.40 bits per heavy atom. The lowest BCUT2D eigenvalue weighted by atomic mass is 10.2. The van der Waals surface area contributed by atoms with Crippen LogP contribution < -0.4 is 4.74 Å². The van der Waals surface area contributed by atoms with E-state index in [0.29, 0.717) is 23.4 Å². The lowest BCUT2D eigenvalue weighted by Gasteiger charge is -2.06. The molecule has 78 valence electrons. The van der Waals surface area contributed by atoms with Crippen molar-refractivity contribution in [1.29, 1.82) is 0 Å². The van der Waals surface area contributed by atoms with Gasteiger partial charge in [-0.25, -0.2) is 4.79 Å². The van der Waals surface area contributed by atoms with Crippen molar-refractivity contribution in [1.82, 2.24) is 4.98 Å². The fourth-order valence-corrected chi connectivity index (χ4v) is 0.959. The first-order chi connectivity index (χ1) is 7.19. The number of hydrogen-bond donors (Lipinski definition) is 0. The Bertz CT molecular complexity index is 396. The Morgan fingerprint density at radius 3 is 3.00 bits per heavy atom. The summed E-state index contributed by atoms with van der Waals surface area (Å²) in [6, 6.07) is 3.37. The molecule has 3 nitrogen and oxygen atoms in total. The molecule has 0 N–H and O–H groups in total. The van der Waals surface area contributed by atoms with Gasteiger partial charge in [-0.1, -0.05) is 20.1 Å². The summed E-state index contributed by atoms with van der Waals surface area (Å²) in [5.74, 6) is -0.0132. The van der Waals surface area contributed by atoms with Gasteiger partial charge in [0, 0.05) is 11.8 Å². The Labute approximate surface area is 89.1 Å². The van der Waals surface area contributed by atoms with Crippen molar-refractivity contribution in [3.8, 4) is 5.75 Å². The van der Waals surface area contributed by atoms with Crippen LogP contribution in [-0.2, 0) is 4.79 Å². The third-order valence-corrected chi connectivity index (χ3v) is 1.91. The standard InChI is InChI=1S/C12H13NO2/c1-4-9(3)12(14)15-11-7-6-8-13-10(11)5-2/h5-8H,2-4H2,1H3. The Kier molecular flexibility index (Phi) is 3.80. The highest BCUT2D eigenvalue weighted by molar-refractivity contribution is 5.89. The van der Waals surface area contributed by atoms with Gasteiger partial charge >= 0.3 is 5.97 Å². The fourth-order valence-electron chi connectivity index (χ4n) is 0.959. The molecule has 0 fully saturated rings. The summed E-state index contributed by atoms with van der Waals surface area (Å²) in [5, 5.41) is 0. The molecule has 0 aromatic carbocycles. The van der Waals surface area contributed by atoms with E-state index in [1.54, 1.807) is 18.3 Å². The molecular formula is C12H13NO2. The second kappa shape index (κ2) is 5.10. The molecule has 0 unspecified atom stereocenters. The van der Waals surface area contributed by atoms with E-state index in [2.05, 4.69) is 18.1 Å². The van der Waals surface area contributed by atoms with Gasteiger partial charge in [-0.05, 0) is 24.6 Å².